The fourth-order valence-corrected chi connectivity index (χ4v) is 3.53. The zero-order valence-electron chi connectivity index (χ0n) is 10.6. The number of fused-ring (bicyclic) bond motifs is 4. The number of ether oxygens (including phenoxy) is 3. The van der Waals surface area contributed by atoms with Crippen LogP contribution >= 0.6 is 0 Å². The molecule has 18 heavy (non-hydrogen) atoms. The fourth-order valence-electron chi connectivity index (χ4n) is 3.53. The van der Waals surface area contributed by atoms with E-state index in [1.54, 1.807) is 7.11 Å². The number of epoxide rings is 1. The fraction of sp³-hybridized carbons (Fsp3) is 0.600. The van der Waals surface area contributed by atoms with E-state index >= 15 is 0 Å². The van der Waals surface area contributed by atoms with Crippen LogP contribution in [0.2, 0.25) is 0 Å². The van der Waals surface area contributed by atoms with Crippen LogP contribution in [0.4, 0.5) is 0 Å². The van der Waals surface area contributed by atoms with Crippen LogP contribution in [0.1, 0.15) is 43.8 Å². The average molecular weight is 246 g/mol. The first-order valence-electron chi connectivity index (χ1n) is 6.85. The zero-order valence-corrected chi connectivity index (χ0v) is 10.6. The first-order chi connectivity index (χ1) is 8.82. The van der Waals surface area contributed by atoms with Crippen LogP contribution in [0.25, 0.3) is 0 Å². The van der Waals surface area contributed by atoms with Crippen LogP contribution in [0.5, 0.6) is 11.5 Å². The second-order valence-corrected chi connectivity index (χ2v) is 5.61. The normalized spacial score (nSPS) is 31.2. The highest BCUT2D eigenvalue weighted by atomic mass is 16.6. The Morgan fingerprint density at radius 3 is 2.83 bits per heavy atom. The quantitative estimate of drug-likeness (QED) is 0.713. The van der Waals surface area contributed by atoms with Crippen LogP contribution < -0.4 is 9.47 Å². The van der Waals surface area contributed by atoms with Crippen LogP contribution in [0.3, 0.4) is 0 Å². The smallest absolute Gasteiger partial charge is 0.138 e. The maximum atomic E-state index is 6.33. The van der Waals surface area contributed by atoms with E-state index in [1.807, 2.05) is 12.1 Å². The van der Waals surface area contributed by atoms with Crippen molar-refractivity contribution in [3.05, 3.63) is 23.8 Å². The maximum Gasteiger partial charge on any atom is 0.138 e. The van der Waals surface area contributed by atoms with Crippen molar-refractivity contribution in [2.75, 3.05) is 7.11 Å². The van der Waals surface area contributed by atoms with Gasteiger partial charge in [-0.05, 0) is 43.9 Å². The first-order valence-corrected chi connectivity index (χ1v) is 6.85. The summed E-state index contributed by atoms with van der Waals surface area (Å²) in [6.45, 7) is 0. The second kappa shape index (κ2) is 3.64. The Morgan fingerprint density at radius 2 is 2.06 bits per heavy atom. The molecule has 1 saturated carbocycles. The molecule has 0 bridgehead atoms. The molecule has 0 radical (unpaired) electrons. The molecule has 0 N–H and O–H groups in total. The lowest BCUT2D eigenvalue weighted by Crippen LogP contribution is -2.45. The number of benzene rings is 1. The van der Waals surface area contributed by atoms with Crippen LogP contribution in [-0.2, 0) is 4.74 Å². The minimum absolute atomic E-state index is 0.0372. The molecule has 3 heteroatoms. The van der Waals surface area contributed by atoms with Gasteiger partial charge in [0.25, 0.3) is 0 Å². The van der Waals surface area contributed by atoms with Crippen LogP contribution in [-0.4, -0.2) is 18.8 Å². The molecule has 0 aromatic heterocycles. The minimum Gasteiger partial charge on any atom is -0.497 e. The standard InChI is InChI=1S/C15H18O3/c1-16-10-5-6-12-11(9-10)13-14(17-13)15(18-12)7-3-2-4-8-15/h5-6,9,13-14H,2-4,7-8H2,1H3/t13-,14+/m1/s1. The van der Waals surface area contributed by atoms with Crippen LogP contribution in [0, 0.1) is 0 Å². The van der Waals surface area contributed by atoms with Gasteiger partial charge in [-0.25, -0.2) is 0 Å². The molecule has 1 aromatic carbocycles. The highest BCUT2D eigenvalue weighted by molar-refractivity contribution is 5.47. The highest BCUT2D eigenvalue weighted by Crippen LogP contribution is 2.58. The molecule has 0 amide bonds. The van der Waals surface area contributed by atoms with Crippen molar-refractivity contribution in [1.82, 2.24) is 0 Å². The van der Waals surface area contributed by atoms with Gasteiger partial charge in [0, 0.05) is 5.56 Å². The van der Waals surface area contributed by atoms with Gasteiger partial charge in [0.15, 0.2) is 0 Å². The Labute approximate surface area is 107 Å². The van der Waals surface area contributed by atoms with E-state index in [0.29, 0.717) is 0 Å². The number of hydrogen-bond acceptors (Lipinski definition) is 3. The van der Waals surface area contributed by atoms with Crippen molar-refractivity contribution in [2.24, 2.45) is 0 Å². The summed E-state index contributed by atoms with van der Waals surface area (Å²) in [6, 6.07) is 6.05. The summed E-state index contributed by atoms with van der Waals surface area (Å²) in [5.41, 5.74) is 1.13. The Balaban J connectivity index is 1.71. The van der Waals surface area contributed by atoms with Crippen molar-refractivity contribution in [2.45, 2.75) is 49.9 Å². The molecule has 1 spiro atoms. The lowest BCUT2D eigenvalue weighted by Gasteiger charge is -2.39. The molecule has 2 fully saturated rings. The average Bonchev–Trinajstić information content (AvgIpc) is 3.21. The first kappa shape index (κ1) is 10.7. The van der Waals surface area contributed by atoms with Gasteiger partial charge in [-0.2, -0.15) is 0 Å². The molecule has 2 heterocycles. The number of methoxy groups -OCH3 is 1. The van der Waals surface area contributed by atoms with Gasteiger partial charge in [0.1, 0.15) is 29.3 Å². The third kappa shape index (κ3) is 1.40. The Morgan fingerprint density at radius 1 is 1.22 bits per heavy atom. The van der Waals surface area contributed by atoms with E-state index in [0.717, 1.165) is 29.9 Å². The monoisotopic (exact) mass is 246 g/mol. The molecule has 3 nitrogen and oxygen atoms in total. The summed E-state index contributed by atoms with van der Waals surface area (Å²) in [5.74, 6) is 1.88. The summed E-state index contributed by atoms with van der Waals surface area (Å²) in [5, 5.41) is 0. The maximum absolute atomic E-state index is 6.33. The lowest BCUT2D eigenvalue weighted by atomic mass is 9.79. The molecule has 2 aliphatic heterocycles. The minimum atomic E-state index is -0.0372. The predicted octanol–water partition coefficient (Wildman–Crippen LogP) is 3.23. The molecule has 2 atom stereocenters. The number of hydrogen-bond donors (Lipinski definition) is 0. The summed E-state index contributed by atoms with van der Waals surface area (Å²) in [4.78, 5) is 0. The van der Waals surface area contributed by atoms with Gasteiger partial charge in [0.2, 0.25) is 0 Å². The summed E-state index contributed by atoms with van der Waals surface area (Å²) >= 11 is 0. The molecular weight excluding hydrogens is 228 g/mol. The Bertz CT molecular complexity index is 477. The van der Waals surface area contributed by atoms with Crippen molar-refractivity contribution in [3.63, 3.8) is 0 Å². The van der Waals surface area contributed by atoms with Crippen molar-refractivity contribution in [3.8, 4) is 11.5 Å². The largest absolute Gasteiger partial charge is 0.497 e. The SMILES string of the molecule is COc1ccc2c(c1)[C@H]1O[C@@H]1C1(CCCCC1)O2. The predicted molar refractivity (Wildman–Crippen MR) is 67.1 cm³/mol. The van der Waals surface area contributed by atoms with E-state index in [1.165, 1.54) is 19.3 Å². The van der Waals surface area contributed by atoms with E-state index in [2.05, 4.69) is 6.07 Å². The lowest BCUT2D eigenvalue weighted by molar-refractivity contribution is 0.00133. The molecule has 96 valence electrons. The van der Waals surface area contributed by atoms with Gasteiger partial charge in [-0.15, -0.1) is 0 Å². The molecule has 1 aromatic rings. The second-order valence-electron chi connectivity index (χ2n) is 5.61. The Hall–Kier alpha value is -1.22. The van der Waals surface area contributed by atoms with Gasteiger partial charge in [-0.1, -0.05) is 6.42 Å². The molecule has 0 unspecified atom stereocenters. The van der Waals surface area contributed by atoms with Gasteiger partial charge >= 0.3 is 0 Å². The molecule has 1 saturated heterocycles. The van der Waals surface area contributed by atoms with E-state index in [-0.39, 0.29) is 17.8 Å². The van der Waals surface area contributed by atoms with Gasteiger partial charge in [0.05, 0.1) is 7.11 Å². The number of rotatable bonds is 1. The molecule has 1 aliphatic carbocycles. The zero-order chi connectivity index (χ0) is 12.2. The third-order valence-corrected chi connectivity index (χ3v) is 4.55. The topological polar surface area (TPSA) is 31.0 Å². The highest BCUT2D eigenvalue weighted by Gasteiger charge is 2.61. The van der Waals surface area contributed by atoms with Crippen molar-refractivity contribution < 1.29 is 14.2 Å². The molecular formula is C15H18O3. The molecule has 4 rings (SSSR count). The van der Waals surface area contributed by atoms with Crippen molar-refractivity contribution >= 4 is 0 Å². The van der Waals surface area contributed by atoms with Gasteiger partial charge < -0.3 is 14.2 Å². The van der Waals surface area contributed by atoms with Crippen molar-refractivity contribution in [1.29, 1.82) is 0 Å². The van der Waals surface area contributed by atoms with Crippen LogP contribution in [0.15, 0.2) is 18.2 Å². The third-order valence-electron chi connectivity index (χ3n) is 4.55. The Kier molecular flexibility index (Phi) is 2.16. The summed E-state index contributed by atoms with van der Waals surface area (Å²) in [6.07, 6.45) is 6.65. The van der Waals surface area contributed by atoms with E-state index in [4.69, 9.17) is 14.2 Å². The summed E-state index contributed by atoms with van der Waals surface area (Å²) in [7, 11) is 1.69. The van der Waals surface area contributed by atoms with Gasteiger partial charge in [-0.3, -0.25) is 0 Å². The molecule has 3 aliphatic rings. The van der Waals surface area contributed by atoms with E-state index in [9.17, 15) is 0 Å². The van der Waals surface area contributed by atoms with E-state index < -0.39 is 0 Å². The summed E-state index contributed by atoms with van der Waals surface area (Å²) < 4.78 is 17.5.